The Bertz CT molecular complexity index is 1320. The van der Waals surface area contributed by atoms with Crippen LogP contribution in [-0.4, -0.2) is 25.7 Å². The van der Waals surface area contributed by atoms with E-state index in [2.05, 4.69) is 15.6 Å². The average molecular weight is 468 g/mol. The van der Waals surface area contributed by atoms with Crippen molar-refractivity contribution in [3.05, 3.63) is 95.7 Å². The van der Waals surface area contributed by atoms with Crippen LogP contribution < -0.4 is 10.6 Å². The summed E-state index contributed by atoms with van der Waals surface area (Å²) in [6.45, 7) is 0.175. The van der Waals surface area contributed by atoms with Gasteiger partial charge in [0.15, 0.2) is 11.8 Å². The SMILES string of the molecule is O=C(Nc1cccc(C(F)(F)F)c1)c1ccccc1NCc1cccnc1-n1c(O)ccc1O. The number of anilines is 2. The molecular weight excluding hydrogens is 449 g/mol. The predicted octanol–water partition coefficient (Wildman–Crippen LogP) is 5.17. The zero-order valence-electron chi connectivity index (χ0n) is 17.5. The minimum absolute atomic E-state index is 0.0164. The lowest BCUT2D eigenvalue weighted by atomic mass is 10.1. The lowest BCUT2D eigenvalue weighted by Crippen LogP contribution is -2.16. The quantitative estimate of drug-likeness (QED) is 0.313. The average Bonchev–Trinajstić information content (AvgIpc) is 3.15. The van der Waals surface area contributed by atoms with Gasteiger partial charge in [0.1, 0.15) is 5.82 Å². The number of alkyl halides is 3. The van der Waals surface area contributed by atoms with Crippen molar-refractivity contribution in [3.63, 3.8) is 0 Å². The van der Waals surface area contributed by atoms with Crippen molar-refractivity contribution < 1.29 is 28.2 Å². The summed E-state index contributed by atoms with van der Waals surface area (Å²) in [5, 5.41) is 25.7. The fraction of sp³-hybridized carbons (Fsp3) is 0.0833. The first-order chi connectivity index (χ1) is 16.2. The Labute approximate surface area is 192 Å². The molecule has 174 valence electrons. The molecule has 0 atom stereocenters. The summed E-state index contributed by atoms with van der Waals surface area (Å²) < 4.78 is 40.1. The van der Waals surface area contributed by atoms with Crippen molar-refractivity contribution in [1.29, 1.82) is 0 Å². The van der Waals surface area contributed by atoms with Gasteiger partial charge in [-0.2, -0.15) is 13.2 Å². The van der Waals surface area contributed by atoms with E-state index in [0.717, 1.165) is 12.1 Å². The number of nitrogens with one attached hydrogen (secondary N) is 2. The van der Waals surface area contributed by atoms with Crippen LogP contribution >= 0.6 is 0 Å². The van der Waals surface area contributed by atoms with E-state index < -0.39 is 17.6 Å². The van der Waals surface area contributed by atoms with Crippen molar-refractivity contribution >= 4 is 17.3 Å². The first-order valence-electron chi connectivity index (χ1n) is 10.1. The van der Waals surface area contributed by atoms with Crippen molar-refractivity contribution in [2.45, 2.75) is 12.7 Å². The van der Waals surface area contributed by atoms with Crippen molar-refractivity contribution in [2.75, 3.05) is 10.6 Å². The number of benzene rings is 2. The van der Waals surface area contributed by atoms with Gasteiger partial charge in [-0.25, -0.2) is 9.55 Å². The molecule has 2 heterocycles. The number of para-hydroxylation sites is 1. The molecule has 0 spiro atoms. The standard InChI is InChI=1S/C24H19F3N4O3/c25-24(26,27)16-6-3-7-17(13-16)30-23(34)18-8-1-2-9-19(18)29-14-15-5-4-12-28-22(15)31-20(32)10-11-21(31)33/h1-13,29,32-33H,14H2,(H,30,34). The van der Waals surface area contributed by atoms with Crippen LogP contribution in [0.15, 0.2) is 79.0 Å². The highest BCUT2D eigenvalue weighted by atomic mass is 19.4. The monoisotopic (exact) mass is 468 g/mol. The highest BCUT2D eigenvalue weighted by Crippen LogP contribution is 2.31. The maximum absolute atomic E-state index is 13.0. The third kappa shape index (κ3) is 4.80. The molecule has 0 radical (unpaired) electrons. The molecule has 2 aromatic carbocycles. The number of nitrogens with zero attached hydrogens (tertiary/aromatic N) is 2. The first-order valence-corrected chi connectivity index (χ1v) is 10.1. The molecule has 0 unspecified atom stereocenters. The number of hydrogen-bond donors (Lipinski definition) is 4. The maximum atomic E-state index is 13.0. The molecule has 0 aliphatic carbocycles. The second-order valence-corrected chi connectivity index (χ2v) is 7.30. The van der Waals surface area contributed by atoms with Crippen LogP contribution in [0, 0.1) is 0 Å². The lowest BCUT2D eigenvalue weighted by molar-refractivity contribution is -0.137. The Hall–Kier alpha value is -4.47. The van der Waals surface area contributed by atoms with Crippen LogP contribution in [0.2, 0.25) is 0 Å². The summed E-state index contributed by atoms with van der Waals surface area (Å²) in [5.74, 6) is -0.688. The Balaban J connectivity index is 1.55. The highest BCUT2D eigenvalue weighted by molar-refractivity contribution is 6.08. The van der Waals surface area contributed by atoms with E-state index in [-0.39, 0.29) is 29.6 Å². The minimum atomic E-state index is -4.52. The molecule has 10 heteroatoms. The molecule has 1 amide bonds. The predicted molar refractivity (Wildman–Crippen MR) is 120 cm³/mol. The van der Waals surface area contributed by atoms with Crippen LogP contribution in [0.4, 0.5) is 24.5 Å². The number of halogens is 3. The van der Waals surface area contributed by atoms with E-state index in [1.165, 1.54) is 35.0 Å². The van der Waals surface area contributed by atoms with Crippen LogP contribution in [0.1, 0.15) is 21.5 Å². The van der Waals surface area contributed by atoms with E-state index in [9.17, 15) is 28.2 Å². The van der Waals surface area contributed by atoms with Gasteiger partial charge in [0.2, 0.25) is 0 Å². The smallest absolute Gasteiger partial charge is 0.416 e. The van der Waals surface area contributed by atoms with Gasteiger partial charge in [-0.3, -0.25) is 4.79 Å². The topological polar surface area (TPSA) is 99.4 Å². The largest absolute Gasteiger partial charge is 0.494 e. The Morgan fingerprint density at radius 2 is 1.68 bits per heavy atom. The molecule has 0 saturated heterocycles. The van der Waals surface area contributed by atoms with Gasteiger partial charge in [-0.15, -0.1) is 0 Å². The number of carbonyl (C=O) groups is 1. The first kappa shape index (κ1) is 22.7. The highest BCUT2D eigenvalue weighted by Gasteiger charge is 2.30. The molecule has 0 saturated carbocycles. The number of aromatic nitrogens is 2. The van der Waals surface area contributed by atoms with Gasteiger partial charge in [-0.1, -0.05) is 24.3 Å². The number of pyridine rings is 1. The molecule has 34 heavy (non-hydrogen) atoms. The lowest BCUT2D eigenvalue weighted by Gasteiger charge is -2.15. The van der Waals surface area contributed by atoms with E-state index in [1.54, 1.807) is 36.4 Å². The zero-order valence-corrected chi connectivity index (χ0v) is 17.5. The second kappa shape index (κ2) is 9.18. The minimum Gasteiger partial charge on any atom is -0.494 e. The summed E-state index contributed by atoms with van der Waals surface area (Å²) >= 11 is 0. The molecule has 4 aromatic rings. The van der Waals surface area contributed by atoms with E-state index >= 15 is 0 Å². The normalized spacial score (nSPS) is 11.3. The number of amides is 1. The number of rotatable bonds is 6. The summed E-state index contributed by atoms with van der Waals surface area (Å²) in [6, 6.07) is 17.0. The van der Waals surface area contributed by atoms with Crippen molar-refractivity contribution in [3.8, 4) is 17.6 Å². The van der Waals surface area contributed by atoms with Crippen LogP contribution in [0.5, 0.6) is 11.8 Å². The van der Waals surface area contributed by atoms with Gasteiger partial charge in [0.25, 0.3) is 5.91 Å². The Kier molecular flexibility index (Phi) is 6.13. The molecule has 4 N–H and O–H groups in total. The van der Waals surface area contributed by atoms with Gasteiger partial charge in [0.05, 0.1) is 11.1 Å². The fourth-order valence-electron chi connectivity index (χ4n) is 3.40. The third-order valence-electron chi connectivity index (χ3n) is 5.01. The van der Waals surface area contributed by atoms with Crippen molar-refractivity contribution in [1.82, 2.24) is 9.55 Å². The summed E-state index contributed by atoms with van der Waals surface area (Å²) in [5.41, 5.74) is 0.414. The second-order valence-electron chi connectivity index (χ2n) is 7.30. The molecule has 2 aromatic heterocycles. The number of carbonyl (C=O) groups excluding carboxylic acids is 1. The Morgan fingerprint density at radius 3 is 2.41 bits per heavy atom. The third-order valence-corrected chi connectivity index (χ3v) is 5.01. The summed E-state index contributed by atoms with van der Waals surface area (Å²) in [4.78, 5) is 17.1. The van der Waals surface area contributed by atoms with E-state index in [1.807, 2.05) is 0 Å². The fourth-order valence-corrected chi connectivity index (χ4v) is 3.40. The molecule has 0 aliphatic rings. The molecule has 7 nitrogen and oxygen atoms in total. The van der Waals surface area contributed by atoms with E-state index in [4.69, 9.17) is 0 Å². The van der Waals surface area contributed by atoms with Crippen LogP contribution in [-0.2, 0) is 12.7 Å². The number of hydrogen-bond acceptors (Lipinski definition) is 5. The van der Waals surface area contributed by atoms with Gasteiger partial charge < -0.3 is 20.8 Å². The zero-order chi connectivity index (χ0) is 24.3. The van der Waals surface area contributed by atoms with Gasteiger partial charge >= 0.3 is 6.18 Å². The summed E-state index contributed by atoms with van der Waals surface area (Å²) in [7, 11) is 0. The molecule has 0 fully saturated rings. The molecule has 4 rings (SSSR count). The molecule has 0 aliphatic heterocycles. The molecule has 0 bridgehead atoms. The van der Waals surface area contributed by atoms with Gasteiger partial charge in [-0.05, 0) is 36.4 Å². The summed E-state index contributed by atoms with van der Waals surface area (Å²) in [6.07, 6.45) is -3.02. The van der Waals surface area contributed by atoms with Crippen molar-refractivity contribution in [2.24, 2.45) is 0 Å². The maximum Gasteiger partial charge on any atom is 0.416 e. The van der Waals surface area contributed by atoms with Crippen LogP contribution in [0.25, 0.3) is 5.82 Å². The Morgan fingerprint density at radius 1 is 0.941 bits per heavy atom. The van der Waals surface area contributed by atoms with E-state index in [0.29, 0.717) is 17.1 Å². The number of aromatic hydroxyl groups is 2. The molecular formula is C24H19F3N4O3. The van der Waals surface area contributed by atoms with Gasteiger partial charge in [0, 0.05) is 41.8 Å². The van der Waals surface area contributed by atoms with Crippen LogP contribution in [0.3, 0.4) is 0 Å².